The summed E-state index contributed by atoms with van der Waals surface area (Å²) in [6, 6.07) is 10.6. The van der Waals surface area contributed by atoms with E-state index in [0.717, 1.165) is 17.7 Å². The van der Waals surface area contributed by atoms with Gasteiger partial charge in [-0.15, -0.1) is 0 Å². The zero-order valence-corrected chi connectivity index (χ0v) is 18.2. The molecule has 0 bridgehead atoms. The van der Waals surface area contributed by atoms with Gasteiger partial charge in [-0.2, -0.15) is 0 Å². The van der Waals surface area contributed by atoms with Crippen LogP contribution in [0.25, 0.3) is 0 Å². The zero-order valence-electron chi connectivity index (χ0n) is 17.1. The number of ether oxygens (including phenoxy) is 1. The van der Waals surface area contributed by atoms with E-state index in [4.69, 9.17) is 4.74 Å². The van der Waals surface area contributed by atoms with Crippen molar-refractivity contribution in [1.29, 1.82) is 0 Å². The maximum atomic E-state index is 9.98. The van der Waals surface area contributed by atoms with Crippen molar-refractivity contribution in [3.63, 3.8) is 0 Å². The van der Waals surface area contributed by atoms with Crippen LogP contribution in [0, 0.1) is 6.92 Å². The van der Waals surface area contributed by atoms with Gasteiger partial charge in [-0.3, -0.25) is 9.98 Å². The second kappa shape index (κ2) is 13.8. The number of nitrogens with zero attached hydrogens (tertiary/aromatic N) is 2. The number of phenols is 2. The van der Waals surface area contributed by atoms with Gasteiger partial charge in [0, 0.05) is 40.6 Å². The fraction of sp³-hybridized carbons (Fsp3) is 0.391. The number of hydrogen-bond donors (Lipinski definition) is 2. The predicted molar refractivity (Wildman–Crippen MR) is 116 cm³/mol. The minimum Gasteiger partial charge on any atom is -0.507 e. The van der Waals surface area contributed by atoms with E-state index in [0.29, 0.717) is 30.8 Å². The summed E-state index contributed by atoms with van der Waals surface area (Å²) in [5, 5.41) is 19.8. The van der Waals surface area contributed by atoms with E-state index in [1.807, 2.05) is 19.1 Å². The molecule has 0 saturated heterocycles. The van der Waals surface area contributed by atoms with Gasteiger partial charge in [0.2, 0.25) is 0 Å². The third-order valence-electron chi connectivity index (χ3n) is 4.27. The van der Waals surface area contributed by atoms with Gasteiger partial charge in [0.15, 0.2) is 0 Å². The maximum Gasteiger partial charge on any atom is 0.124 e. The Bertz CT molecular complexity index is 807. The molecule has 0 unspecified atom stereocenters. The monoisotopic (exact) mass is 438 g/mol. The Balaban J connectivity index is 0.00000420. The Morgan fingerprint density at radius 3 is 2.14 bits per heavy atom. The molecule has 0 saturated carbocycles. The van der Waals surface area contributed by atoms with Crippen molar-refractivity contribution in [2.45, 2.75) is 39.5 Å². The van der Waals surface area contributed by atoms with Crippen molar-refractivity contribution in [3.05, 3.63) is 53.1 Å². The second-order valence-corrected chi connectivity index (χ2v) is 6.76. The first-order valence-corrected chi connectivity index (χ1v) is 9.85. The third kappa shape index (κ3) is 9.16. The fourth-order valence-electron chi connectivity index (χ4n) is 2.66. The minimum absolute atomic E-state index is 0. The third-order valence-corrected chi connectivity index (χ3v) is 4.27. The van der Waals surface area contributed by atoms with E-state index in [-0.39, 0.29) is 28.6 Å². The summed E-state index contributed by atoms with van der Waals surface area (Å²) in [6.07, 6.45) is 7.93. The van der Waals surface area contributed by atoms with E-state index >= 15 is 0 Å². The molecule has 158 valence electrons. The van der Waals surface area contributed by atoms with E-state index in [1.54, 1.807) is 36.7 Å². The molecule has 5 nitrogen and oxygen atoms in total. The number of phenolic OH excluding ortho intramolecular Hbond substituents is 2. The summed E-state index contributed by atoms with van der Waals surface area (Å²) in [5.74, 6) is 1.13. The Kier molecular flexibility index (Phi) is 11.8. The van der Waals surface area contributed by atoms with Gasteiger partial charge in [0.05, 0.1) is 19.7 Å². The summed E-state index contributed by atoms with van der Waals surface area (Å²) < 4.78 is 5.74. The summed E-state index contributed by atoms with van der Waals surface area (Å²) in [6.45, 7) is 5.82. The maximum absolute atomic E-state index is 9.98. The molecule has 0 amide bonds. The van der Waals surface area contributed by atoms with Crippen molar-refractivity contribution >= 4 is 12.4 Å². The largest absolute Gasteiger partial charge is 0.507 e. The number of aryl methyl sites for hydroxylation is 1. The van der Waals surface area contributed by atoms with Gasteiger partial charge in [-0.25, -0.2) is 0 Å². The average molecular weight is 438 g/mol. The second-order valence-electron chi connectivity index (χ2n) is 6.76. The smallest absolute Gasteiger partial charge is 0.124 e. The van der Waals surface area contributed by atoms with Gasteiger partial charge in [-0.1, -0.05) is 37.8 Å². The van der Waals surface area contributed by atoms with E-state index in [2.05, 4.69) is 16.9 Å². The molecule has 6 heteroatoms. The van der Waals surface area contributed by atoms with Crippen LogP contribution in [0.1, 0.15) is 49.3 Å². The molecule has 29 heavy (non-hydrogen) atoms. The van der Waals surface area contributed by atoms with Crippen molar-refractivity contribution in [2.75, 3.05) is 19.7 Å². The molecule has 0 heterocycles. The zero-order chi connectivity index (χ0) is 20.2. The summed E-state index contributed by atoms with van der Waals surface area (Å²) in [5.41, 5.74) is 2.40. The molecule has 0 fully saturated rings. The van der Waals surface area contributed by atoms with Gasteiger partial charge in [0.25, 0.3) is 0 Å². The van der Waals surface area contributed by atoms with Crippen molar-refractivity contribution in [2.24, 2.45) is 9.98 Å². The number of benzene rings is 2. The van der Waals surface area contributed by atoms with E-state index in [1.165, 1.54) is 19.3 Å². The molecule has 2 N–H and O–H groups in total. The van der Waals surface area contributed by atoms with Crippen molar-refractivity contribution in [1.82, 2.24) is 0 Å². The Morgan fingerprint density at radius 2 is 1.48 bits per heavy atom. The van der Waals surface area contributed by atoms with Crippen LogP contribution >= 0.6 is 0 Å². The Morgan fingerprint density at radius 1 is 0.862 bits per heavy atom. The summed E-state index contributed by atoms with van der Waals surface area (Å²) in [7, 11) is 0. The standard InChI is InChI=1S/C23H30N2O3.Fe/c1-3-4-5-6-13-28-21-8-10-23(27)20(15-21)17-25-12-11-24-16-19-14-18(2)7-9-22(19)26;/h7-10,14-17,26-27H,3-6,11-13H2,1-2H3;. The van der Waals surface area contributed by atoms with Crippen LogP contribution in [-0.4, -0.2) is 42.3 Å². The molecule has 0 spiro atoms. The molecule has 0 aliphatic heterocycles. The van der Waals surface area contributed by atoms with Crippen LogP contribution in [0.3, 0.4) is 0 Å². The number of aliphatic imine (C=N–C) groups is 2. The van der Waals surface area contributed by atoms with Crippen LogP contribution in [0.15, 0.2) is 46.4 Å². The van der Waals surface area contributed by atoms with Gasteiger partial charge < -0.3 is 14.9 Å². The fourth-order valence-corrected chi connectivity index (χ4v) is 2.66. The van der Waals surface area contributed by atoms with Gasteiger partial charge in [-0.05, 0) is 43.7 Å². The minimum atomic E-state index is 0. The SMILES string of the molecule is CCCCCCOc1ccc(O)c(C=NCCN=Cc2cc(C)ccc2O)c1.[Fe]. The molecule has 2 aromatic rings. The first kappa shape index (κ1) is 24.7. The first-order valence-electron chi connectivity index (χ1n) is 9.85. The van der Waals surface area contributed by atoms with Crippen LogP contribution in [0.5, 0.6) is 17.2 Å². The quantitative estimate of drug-likeness (QED) is 0.298. The van der Waals surface area contributed by atoms with Crippen LogP contribution in [0.2, 0.25) is 0 Å². The van der Waals surface area contributed by atoms with Crippen LogP contribution < -0.4 is 4.74 Å². The molecule has 0 atom stereocenters. The topological polar surface area (TPSA) is 74.4 Å². The molecule has 0 aliphatic rings. The predicted octanol–water partition coefficient (Wildman–Crippen LogP) is 4.90. The number of hydrogen-bond acceptors (Lipinski definition) is 5. The van der Waals surface area contributed by atoms with Crippen LogP contribution in [0.4, 0.5) is 0 Å². The Hall–Kier alpha value is -2.30. The van der Waals surface area contributed by atoms with Crippen molar-refractivity contribution < 1.29 is 32.0 Å². The molecule has 2 aromatic carbocycles. The number of aromatic hydroxyl groups is 2. The van der Waals surface area contributed by atoms with Gasteiger partial charge >= 0.3 is 0 Å². The van der Waals surface area contributed by atoms with E-state index < -0.39 is 0 Å². The summed E-state index contributed by atoms with van der Waals surface area (Å²) >= 11 is 0. The molecular formula is C23H30FeN2O3. The average Bonchev–Trinajstić information content (AvgIpc) is 2.69. The molecular weight excluding hydrogens is 408 g/mol. The Labute approximate surface area is 184 Å². The summed E-state index contributed by atoms with van der Waals surface area (Å²) in [4.78, 5) is 8.61. The van der Waals surface area contributed by atoms with Crippen LogP contribution in [-0.2, 0) is 17.1 Å². The van der Waals surface area contributed by atoms with Gasteiger partial charge in [0.1, 0.15) is 17.2 Å². The molecule has 2 rings (SSSR count). The van der Waals surface area contributed by atoms with Crippen molar-refractivity contribution in [3.8, 4) is 17.2 Å². The normalized spacial score (nSPS) is 11.1. The molecule has 0 aromatic heterocycles. The number of unbranched alkanes of at least 4 members (excludes halogenated alkanes) is 3. The number of rotatable bonds is 11. The van der Waals surface area contributed by atoms with E-state index in [9.17, 15) is 10.2 Å². The first-order chi connectivity index (χ1) is 13.6. The molecule has 0 radical (unpaired) electrons. The molecule has 0 aliphatic carbocycles.